The van der Waals surface area contributed by atoms with Gasteiger partial charge in [0.05, 0.1) is 11.6 Å². The molecule has 0 spiro atoms. The number of aromatic carboxylic acids is 1. The lowest BCUT2D eigenvalue weighted by Gasteiger charge is -2.26. The summed E-state index contributed by atoms with van der Waals surface area (Å²) in [6.07, 6.45) is 1.81. The lowest BCUT2D eigenvalue weighted by Crippen LogP contribution is -2.41. The average Bonchev–Trinajstić information content (AvgIpc) is 2.80. The first-order valence-electron chi connectivity index (χ1n) is 6.20. The lowest BCUT2D eigenvalue weighted by molar-refractivity contribution is -0.122. The highest BCUT2D eigenvalue weighted by Crippen LogP contribution is 2.29. The zero-order valence-corrected chi connectivity index (χ0v) is 11.8. The molecule has 1 aliphatic rings. The predicted molar refractivity (Wildman–Crippen MR) is 72.8 cm³/mol. The second-order valence-electron chi connectivity index (χ2n) is 4.69. The highest BCUT2D eigenvalue weighted by molar-refractivity contribution is 7.11. The van der Waals surface area contributed by atoms with Gasteiger partial charge in [0.2, 0.25) is 5.91 Å². The third-order valence-corrected chi connectivity index (χ3v) is 4.36. The van der Waals surface area contributed by atoms with Crippen molar-refractivity contribution < 1.29 is 14.7 Å². The van der Waals surface area contributed by atoms with Crippen molar-refractivity contribution in [3.05, 3.63) is 11.3 Å². The highest BCUT2D eigenvalue weighted by atomic mass is 32.1. The van der Waals surface area contributed by atoms with E-state index in [1.54, 1.807) is 14.0 Å². The second-order valence-corrected chi connectivity index (χ2v) is 5.45. The van der Waals surface area contributed by atoms with E-state index in [9.17, 15) is 14.7 Å². The van der Waals surface area contributed by atoms with E-state index in [1.165, 1.54) is 4.90 Å². The van der Waals surface area contributed by atoms with Crippen LogP contribution >= 0.6 is 11.5 Å². The SMILES string of the molecule is Cc1nsc(N(C)C(=O)[C@H]2CCCNC2)c1C(=O)O. The van der Waals surface area contributed by atoms with Crippen LogP contribution in [0.3, 0.4) is 0 Å². The quantitative estimate of drug-likeness (QED) is 0.868. The van der Waals surface area contributed by atoms with Crippen LogP contribution in [0.25, 0.3) is 0 Å². The number of amides is 1. The fraction of sp³-hybridized carbons (Fsp3) is 0.583. The van der Waals surface area contributed by atoms with E-state index in [4.69, 9.17) is 0 Å². The summed E-state index contributed by atoms with van der Waals surface area (Å²) in [4.78, 5) is 25.0. The molecule has 1 fully saturated rings. The molecule has 0 bridgehead atoms. The number of nitrogens with one attached hydrogen (secondary N) is 1. The third-order valence-electron chi connectivity index (χ3n) is 3.34. The van der Waals surface area contributed by atoms with Gasteiger partial charge in [0.15, 0.2) is 0 Å². The molecule has 0 aliphatic carbocycles. The van der Waals surface area contributed by atoms with Crippen molar-refractivity contribution in [3.63, 3.8) is 0 Å². The predicted octanol–water partition coefficient (Wildman–Crippen LogP) is 1.11. The van der Waals surface area contributed by atoms with Gasteiger partial charge < -0.3 is 15.3 Å². The van der Waals surface area contributed by atoms with Crippen LogP contribution in [0.1, 0.15) is 28.9 Å². The summed E-state index contributed by atoms with van der Waals surface area (Å²) in [6, 6.07) is 0. The number of hydrogen-bond acceptors (Lipinski definition) is 5. The van der Waals surface area contributed by atoms with E-state index < -0.39 is 5.97 Å². The molecule has 1 aromatic rings. The first-order chi connectivity index (χ1) is 9.02. The van der Waals surface area contributed by atoms with Crippen LogP contribution in [0.15, 0.2) is 0 Å². The summed E-state index contributed by atoms with van der Waals surface area (Å²) in [5, 5.41) is 12.8. The number of carbonyl (C=O) groups is 2. The van der Waals surface area contributed by atoms with Crippen molar-refractivity contribution in [2.45, 2.75) is 19.8 Å². The van der Waals surface area contributed by atoms with Gasteiger partial charge in [-0.25, -0.2) is 4.79 Å². The molecular weight excluding hydrogens is 266 g/mol. The third kappa shape index (κ3) is 2.76. The molecule has 1 aliphatic heterocycles. The molecule has 6 nitrogen and oxygen atoms in total. The number of nitrogens with zero attached hydrogens (tertiary/aromatic N) is 2. The van der Waals surface area contributed by atoms with Crippen molar-refractivity contribution >= 4 is 28.4 Å². The number of carbonyl (C=O) groups excluding carboxylic acids is 1. The van der Waals surface area contributed by atoms with Gasteiger partial charge in [-0.15, -0.1) is 0 Å². The first kappa shape index (κ1) is 14.0. The molecule has 1 aromatic heterocycles. The van der Waals surface area contributed by atoms with E-state index in [2.05, 4.69) is 9.69 Å². The van der Waals surface area contributed by atoms with Gasteiger partial charge in [0.25, 0.3) is 0 Å². The van der Waals surface area contributed by atoms with Crippen LogP contribution in [0.5, 0.6) is 0 Å². The molecule has 2 N–H and O–H groups in total. The lowest BCUT2D eigenvalue weighted by atomic mass is 9.98. The van der Waals surface area contributed by atoms with Crippen LogP contribution in [0, 0.1) is 12.8 Å². The maximum Gasteiger partial charge on any atom is 0.340 e. The molecule has 0 unspecified atom stereocenters. The summed E-state index contributed by atoms with van der Waals surface area (Å²) in [6.45, 7) is 3.24. The monoisotopic (exact) mass is 283 g/mol. The Balaban J connectivity index is 2.21. The minimum absolute atomic E-state index is 0.0432. The largest absolute Gasteiger partial charge is 0.478 e. The number of aromatic nitrogens is 1. The van der Waals surface area contributed by atoms with Crippen molar-refractivity contribution in [3.8, 4) is 0 Å². The Bertz CT molecular complexity index is 494. The summed E-state index contributed by atoms with van der Waals surface area (Å²) < 4.78 is 4.04. The Hall–Kier alpha value is -1.47. The Kier molecular flexibility index (Phi) is 4.16. The van der Waals surface area contributed by atoms with Crippen LogP contribution in [0.4, 0.5) is 5.00 Å². The van der Waals surface area contributed by atoms with Crippen LogP contribution in [-0.2, 0) is 4.79 Å². The van der Waals surface area contributed by atoms with Crippen molar-refractivity contribution in [2.24, 2.45) is 5.92 Å². The summed E-state index contributed by atoms with van der Waals surface area (Å²) in [5.41, 5.74) is 0.582. The standard InChI is InChI=1S/C12H17N3O3S/c1-7-9(12(17)18)11(19-14-7)15(2)10(16)8-4-3-5-13-6-8/h8,13H,3-6H2,1-2H3,(H,17,18)/t8-/m0/s1. The number of anilines is 1. The fourth-order valence-electron chi connectivity index (χ4n) is 2.27. The van der Waals surface area contributed by atoms with Gasteiger partial charge in [-0.3, -0.25) is 4.79 Å². The van der Waals surface area contributed by atoms with Crippen molar-refractivity contribution in [1.82, 2.24) is 9.69 Å². The minimum atomic E-state index is -1.04. The second kappa shape index (κ2) is 5.66. The topological polar surface area (TPSA) is 82.5 Å². The zero-order valence-electron chi connectivity index (χ0n) is 11.0. The van der Waals surface area contributed by atoms with E-state index in [0.717, 1.165) is 30.9 Å². The normalized spacial score (nSPS) is 19.2. The van der Waals surface area contributed by atoms with Gasteiger partial charge in [-0.2, -0.15) is 4.37 Å². The molecule has 0 aromatic carbocycles. The average molecular weight is 283 g/mol. The smallest absolute Gasteiger partial charge is 0.340 e. The van der Waals surface area contributed by atoms with E-state index in [0.29, 0.717) is 17.2 Å². The number of carboxylic acids is 1. The maximum atomic E-state index is 12.4. The number of piperidine rings is 1. The number of aryl methyl sites for hydroxylation is 1. The van der Waals surface area contributed by atoms with Gasteiger partial charge in [-0.05, 0) is 37.8 Å². The van der Waals surface area contributed by atoms with Gasteiger partial charge >= 0.3 is 5.97 Å². The van der Waals surface area contributed by atoms with Crippen LogP contribution < -0.4 is 10.2 Å². The minimum Gasteiger partial charge on any atom is -0.478 e. The number of rotatable bonds is 3. The van der Waals surface area contributed by atoms with Crippen molar-refractivity contribution in [1.29, 1.82) is 0 Å². The Morgan fingerprint density at radius 2 is 2.26 bits per heavy atom. The van der Waals surface area contributed by atoms with Gasteiger partial charge in [-0.1, -0.05) is 0 Å². The number of carboxylic acid groups (broad SMARTS) is 1. The molecule has 2 rings (SSSR count). The molecule has 19 heavy (non-hydrogen) atoms. The Morgan fingerprint density at radius 1 is 1.53 bits per heavy atom. The molecule has 0 saturated carbocycles. The molecule has 1 amide bonds. The molecule has 104 valence electrons. The molecule has 7 heteroatoms. The molecule has 1 atom stereocenters. The fourth-order valence-corrected chi connectivity index (χ4v) is 3.12. The summed E-state index contributed by atoms with van der Waals surface area (Å²) in [5.74, 6) is -1.16. The van der Waals surface area contributed by atoms with Crippen molar-refractivity contribution in [2.75, 3.05) is 25.0 Å². The summed E-state index contributed by atoms with van der Waals surface area (Å²) in [7, 11) is 1.62. The van der Waals surface area contributed by atoms with Crippen LogP contribution in [-0.4, -0.2) is 41.5 Å². The van der Waals surface area contributed by atoms with E-state index >= 15 is 0 Å². The summed E-state index contributed by atoms with van der Waals surface area (Å²) >= 11 is 1.06. The molecular formula is C12H17N3O3S. The molecule has 0 radical (unpaired) electrons. The number of hydrogen-bond donors (Lipinski definition) is 2. The van der Waals surface area contributed by atoms with Crippen LogP contribution in [0.2, 0.25) is 0 Å². The molecule has 2 heterocycles. The van der Waals surface area contributed by atoms with E-state index in [-0.39, 0.29) is 17.4 Å². The Labute approximate surface area is 115 Å². The van der Waals surface area contributed by atoms with Gasteiger partial charge in [0.1, 0.15) is 10.6 Å². The first-order valence-corrected chi connectivity index (χ1v) is 6.97. The Morgan fingerprint density at radius 3 is 2.84 bits per heavy atom. The van der Waals surface area contributed by atoms with E-state index in [1.807, 2.05) is 0 Å². The molecule has 1 saturated heterocycles. The maximum absolute atomic E-state index is 12.4. The highest BCUT2D eigenvalue weighted by Gasteiger charge is 2.29. The van der Waals surface area contributed by atoms with Gasteiger partial charge in [0, 0.05) is 13.6 Å². The zero-order chi connectivity index (χ0) is 14.0.